The van der Waals surface area contributed by atoms with Crippen molar-refractivity contribution < 1.29 is 23.9 Å². The van der Waals surface area contributed by atoms with Gasteiger partial charge in [0.25, 0.3) is 0 Å². The second kappa shape index (κ2) is 8.03. The smallest absolute Gasteiger partial charge is 0.319 e. The number of amides is 1. The van der Waals surface area contributed by atoms with Crippen LogP contribution >= 0.6 is 0 Å². The van der Waals surface area contributed by atoms with Gasteiger partial charge in [-0.1, -0.05) is 60.7 Å². The third-order valence-electron chi connectivity index (χ3n) is 4.85. The van der Waals surface area contributed by atoms with E-state index >= 15 is 0 Å². The molecule has 2 aromatic rings. The first-order chi connectivity index (χ1) is 13.1. The number of carbonyl (C=O) groups is 3. The molecule has 1 heterocycles. The molecule has 0 aromatic heterocycles. The van der Waals surface area contributed by atoms with Crippen molar-refractivity contribution in [3.05, 3.63) is 71.8 Å². The highest BCUT2D eigenvalue weighted by atomic mass is 16.5. The Morgan fingerprint density at radius 2 is 1.44 bits per heavy atom. The lowest BCUT2D eigenvalue weighted by Gasteiger charge is -2.27. The number of ether oxygens (including phenoxy) is 2. The van der Waals surface area contributed by atoms with Gasteiger partial charge in [0.05, 0.1) is 20.3 Å². The van der Waals surface area contributed by atoms with Crippen LogP contribution in [0.1, 0.15) is 17.2 Å². The lowest BCUT2D eigenvalue weighted by atomic mass is 9.86. The topological polar surface area (TPSA) is 72.9 Å². The maximum atomic E-state index is 13.1. The fraction of sp³-hybridized carbons (Fsp3) is 0.286. The minimum Gasteiger partial charge on any atom is -0.469 e. The Labute approximate surface area is 157 Å². The number of hydrogen-bond donors (Lipinski definition) is 0. The predicted molar refractivity (Wildman–Crippen MR) is 97.2 cm³/mol. The maximum Gasteiger partial charge on any atom is 0.319 e. The molecule has 0 radical (unpaired) electrons. The summed E-state index contributed by atoms with van der Waals surface area (Å²) in [4.78, 5) is 39.6. The molecule has 0 spiro atoms. The highest BCUT2D eigenvalue weighted by molar-refractivity contribution is 6.04. The number of esters is 2. The van der Waals surface area contributed by atoms with Gasteiger partial charge in [-0.05, 0) is 11.1 Å². The van der Waals surface area contributed by atoms with Crippen molar-refractivity contribution in [1.82, 2.24) is 4.90 Å². The quantitative estimate of drug-likeness (QED) is 0.599. The van der Waals surface area contributed by atoms with Crippen molar-refractivity contribution >= 4 is 17.8 Å². The maximum absolute atomic E-state index is 13.1. The average molecular weight is 367 g/mol. The molecule has 0 N–H and O–H groups in total. The monoisotopic (exact) mass is 367 g/mol. The molecule has 1 aliphatic heterocycles. The predicted octanol–water partition coefficient (Wildman–Crippen LogP) is 2.35. The molecular formula is C21H21NO5. The molecule has 0 saturated carbocycles. The van der Waals surface area contributed by atoms with Crippen LogP contribution in [-0.4, -0.2) is 37.0 Å². The third kappa shape index (κ3) is 3.56. The summed E-state index contributed by atoms with van der Waals surface area (Å²) < 4.78 is 9.75. The Morgan fingerprint density at radius 1 is 0.889 bits per heavy atom. The van der Waals surface area contributed by atoms with E-state index in [1.54, 1.807) is 4.90 Å². The summed E-state index contributed by atoms with van der Waals surface area (Å²) in [7, 11) is 2.46. The number of methoxy groups -OCH3 is 2. The molecule has 3 rings (SSSR count). The molecule has 2 aromatic carbocycles. The first-order valence-electron chi connectivity index (χ1n) is 8.63. The molecule has 0 aliphatic carbocycles. The third-order valence-corrected chi connectivity index (χ3v) is 4.85. The Kier molecular flexibility index (Phi) is 5.54. The van der Waals surface area contributed by atoms with E-state index in [0.29, 0.717) is 0 Å². The van der Waals surface area contributed by atoms with E-state index in [1.165, 1.54) is 14.2 Å². The molecule has 6 heteroatoms. The van der Waals surface area contributed by atoms with Crippen LogP contribution in [0.25, 0.3) is 0 Å². The highest BCUT2D eigenvalue weighted by Crippen LogP contribution is 2.43. The van der Waals surface area contributed by atoms with Gasteiger partial charge in [-0.3, -0.25) is 14.4 Å². The number of rotatable bonds is 5. The number of nitrogens with zero attached hydrogens (tertiary/aromatic N) is 1. The fourth-order valence-electron chi connectivity index (χ4n) is 3.61. The summed E-state index contributed by atoms with van der Waals surface area (Å²) in [5.74, 6) is -3.97. The molecule has 3 atom stereocenters. The van der Waals surface area contributed by atoms with Crippen LogP contribution in [0.3, 0.4) is 0 Å². The lowest BCUT2D eigenvalue weighted by molar-refractivity contribution is -0.158. The van der Waals surface area contributed by atoms with Gasteiger partial charge in [-0.2, -0.15) is 0 Å². The van der Waals surface area contributed by atoms with Gasteiger partial charge in [-0.15, -0.1) is 0 Å². The van der Waals surface area contributed by atoms with Crippen LogP contribution in [0, 0.1) is 11.8 Å². The molecule has 6 nitrogen and oxygen atoms in total. The molecule has 1 amide bonds. The van der Waals surface area contributed by atoms with Crippen LogP contribution in [0.4, 0.5) is 0 Å². The highest BCUT2D eigenvalue weighted by Gasteiger charge is 2.56. The summed E-state index contributed by atoms with van der Waals surface area (Å²) >= 11 is 0. The fourth-order valence-corrected chi connectivity index (χ4v) is 3.61. The second-order valence-electron chi connectivity index (χ2n) is 6.36. The standard InChI is InChI=1S/C21H21NO5/c1-26-20(24)16-17(21(25)27-2)19(23)22(13-14-9-5-3-6-10-14)18(16)15-11-7-4-8-12-15/h3-12,16-18H,13H2,1-2H3/t16-,17-,18+/m0/s1. The first-order valence-corrected chi connectivity index (χ1v) is 8.63. The average Bonchev–Trinajstić information content (AvgIpc) is 3.00. The first kappa shape index (κ1) is 18.6. The molecule has 1 aliphatic rings. The normalized spacial score (nSPS) is 21.8. The van der Waals surface area contributed by atoms with Gasteiger partial charge in [0.15, 0.2) is 5.92 Å². The zero-order valence-electron chi connectivity index (χ0n) is 15.2. The van der Waals surface area contributed by atoms with E-state index < -0.39 is 35.7 Å². The summed E-state index contributed by atoms with van der Waals surface area (Å²) in [6, 6.07) is 18.0. The van der Waals surface area contributed by atoms with Crippen LogP contribution in [0.2, 0.25) is 0 Å². The van der Waals surface area contributed by atoms with Crippen molar-refractivity contribution in [3.8, 4) is 0 Å². The van der Waals surface area contributed by atoms with E-state index in [0.717, 1.165) is 11.1 Å². The molecule has 0 unspecified atom stereocenters. The van der Waals surface area contributed by atoms with E-state index in [4.69, 9.17) is 9.47 Å². The Balaban J connectivity index is 2.09. The molecule has 0 bridgehead atoms. The van der Waals surface area contributed by atoms with Gasteiger partial charge < -0.3 is 14.4 Å². The molecule has 140 valence electrons. The number of carbonyl (C=O) groups excluding carboxylic acids is 3. The van der Waals surface area contributed by atoms with E-state index in [1.807, 2.05) is 60.7 Å². The Bertz CT molecular complexity index is 821. The van der Waals surface area contributed by atoms with Gasteiger partial charge in [0.2, 0.25) is 5.91 Å². The SMILES string of the molecule is COC(=O)[C@@H]1C(=O)N(Cc2ccccc2)[C@H](c2ccccc2)[C@H]1C(=O)OC. The van der Waals surface area contributed by atoms with Gasteiger partial charge in [-0.25, -0.2) is 0 Å². The van der Waals surface area contributed by atoms with Crippen molar-refractivity contribution in [2.24, 2.45) is 11.8 Å². The zero-order valence-corrected chi connectivity index (χ0v) is 15.2. The molecule has 27 heavy (non-hydrogen) atoms. The Hall–Kier alpha value is -3.15. The van der Waals surface area contributed by atoms with Crippen molar-refractivity contribution in [2.75, 3.05) is 14.2 Å². The number of hydrogen-bond acceptors (Lipinski definition) is 5. The number of benzene rings is 2. The van der Waals surface area contributed by atoms with Gasteiger partial charge in [0, 0.05) is 6.54 Å². The Morgan fingerprint density at radius 3 is 2.00 bits per heavy atom. The molecule has 1 saturated heterocycles. The van der Waals surface area contributed by atoms with E-state index in [2.05, 4.69) is 0 Å². The van der Waals surface area contributed by atoms with Crippen LogP contribution < -0.4 is 0 Å². The zero-order chi connectivity index (χ0) is 19.4. The largest absolute Gasteiger partial charge is 0.469 e. The van der Waals surface area contributed by atoms with E-state index in [-0.39, 0.29) is 6.54 Å². The van der Waals surface area contributed by atoms with Crippen molar-refractivity contribution in [1.29, 1.82) is 0 Å². The van der Waals surface area contributed by atoms with Gasteiger partial charge >= 0.3 is 11.9 Å². The lowest BCUT2D eigenvalue weighted by Crippen LogP contribution is -2.33. The van der Waals surface area contributed by atoms with Crippen LogP contribution in [-0.2, 0) is 30.4 Å². The minimum atomic E-state index is -1.23. The summed E-state index contributed by atoms with van der Waals surface area (Å²) in [6.45, 7) is 0.278. The van der Waals surface area contributed by atoms with Crippen LogP contribution in [0.15, 0.2) is 60.7 Å². The second-order valence-corrected chi connectivity index (χ2v) is 6.36. The summed E-state index contributed by atoms with van der Waals surface area (Å²) in [6.07, 6.45) is 0. The summed E-state index contributed by atoms with van der Waals surface area (Å²) in [5.41, 5.74) is 1.67. The molecule has 1 fully saturated rings. The molecular weight excluding hydrogens is 346 g/mol. The minimum absolute atomic E-state index is 0.278. The van der Waals surface area contributed by atoms with Gasteiger partial charge in [0.1, 0.15) is 5.92 Å². The number of likely N-dealkylation sites (tertiary alicyclic amines) is 1. The van der Waals surface area contributed by atoms with Crippen molar-refractivity contribution in [2.45, 2.75) is 12.6 Å². The van der Waals surface area contributed by atoms with Crippen molar-refractivity contribution in [3.63, 3.8) is 0 Å². The summed E-state index contributed by atoms with van der Waals surface area (Å²) in [5, 5.41) is 0. The van der Waals surface area contributed by atoms with Crippen LogP contribution in [0.5, 0.6) is 0 Å². The van der Waals surface area contributed by atoms with E-state index in [9.17, 15) is 14.4 Å².